The van der Waals surface area contributed by atoms with E-state index in [4.69, 9.17) is 0 Å². The number of aromatic nitrogens is 6. The first-order valence-corrected chi connectivity index (χ1v) is 20.0. The normalized spacial score (nSPS) is 11.7. The number of thioether (sulfide) groups is 2. The lowest BCUT2D eigenvalue weighted by Gasteiger charge is -2.33. The van der Waals surface area contributed by atoms with Crippen molar-refractivity contribution in [3.05, 3.63) is 138 Å². The number of nitro benzene ring substituents is 2. The summed E-state index contributed by atoms with van der Waals surface area (Å²) in [6, 6.07) is 24.6. The molecule has 0 radical (unpaired) electrons. The van der Waals surface area contributed by atoms with E-state index in [0.29, 0.717) is 39.8 Å². The molecule has 288 valence electrons. The van der Waals surface area contributed by atoms with Crippen molar-refractivity contribution < 1.29 is 14.6 Å². The fraction of sp³-hybridized carbons (Fsp3) is 0.237. The molecule has 2 aromatic heterocycles. The number of benzene rings is 4. The standard InChI is InChI=1S/C38H37BrN10O5S2/c1-6-46-33(41-44-38(46)55-22-26-13-16-28(17-14-26)48(51)52)21-47(31-18-11-23(2)19-25(31)4)36(35(50)40-27-15-12-24(3)32(20-27)49(53)54)56-37-43-42-34(45(37)5)29-9-7-8-10-30(29)39/h7-20,36H,6,21-22H2,1-5H3,(H,40,50). The van der Waals surface area contributed by atoms with Gasteiger partial charge in [0, 0.05) is 64.5 Å². The number of hydrogen-bond donors (Lipinski definition) is 1. The van der Waals surface area contributed by atoms with Crippen LogP contribution < -0.4 is 10.2 Å². The second-order valence-corrected chi connectivity index (χ2v) is 15.7. The molecular weight excluding hydrogens is 821 g/mol. The molecular formula is C38H37BrN10O5S2. The van der Waals surface area contributed by atoms with E-state index in [9.17, 15) is 25.0 Å². The highest BCUT2D eigenvalue weighted by Crippen LogP contribution is 2.36. The predicted octanol–water partition coefficient (Wildman–Crippen LogP) is 8.65. The van der Waals surface area contributed by atoms with Crippen LogP contribution in [0.25, 0.3) is 11.4 Å². The quantitative estimate of drug-likeness (QED) is 0.0450. The van der Waals surface area contributed by atoms with Crippen molar-refractivity contribution in [1.82, 2.24) is 29.5 Å². The monoisotopic (exact) mass is 856 g/mol. The number of halogens is 1. The molecule has 1 amide bonds. The number of nitrogens with one attached hydrogen (secondary N) is 1. The van der Waals surface area contributed by atoms with Gasteiger partial charge in [0.05, 0.1) is 16.4 Å². The highest BCUT2D eigenvalue weighted by Gasteiger charge is 2.33. The minimum absolute atomic E-state index is 0.0202. The van der Waals surface area contributed by atoms with E-state index in [2.05, 4.69) is 41.6 Å². The topological polar surface area (TPSA) is 180 Å². The molecule has 15 nitrogen and oxygen atoms in total. The Balaban J connectivity index is 1.40. The van der Waals surface area contributed by atoms with Crippen LogP contribution in [0.1, 0.15) is 35.0 Å². The lowest BCUT2D eigenvalue weighted by molar-refractivity contribution is -0.385. The second-order valence-electron chi connectivity index (χ2n) is 12.8. The number of carbonyl (C=O) groups excluding carboxylic acids is 1. The molecule has 2 heterocycles. The number of nitro groups is 2. The average molecular weight is 858 g/mol. The molecule has 0 bridgehead atoms. The molecule has 0 saturated carbocycles. The molecule has 1 atom stereocenters. The fourth-order valence-electron chi connectivity index (χ4n) is 6.04. The molecule has 0 aliphatic carbocycles. The van der Waals surface area contributed by atoms with Gasteiger partial charge < -0.3 is 19.4 Å². The zero-order valence-corrected chi connectivity index (χ0v) is 34.3. The summed E-state index contributed by atoms with van der Waals surface area (Å²) in [7, 11) is 1.83. The van der Waals surface area contributed by atoms with Crippen LogP contribution in [0.4, 0.5) is 22.7 Å². The number of non-ortho nitro benzene ring substituents is 1. The summed E-state index contributed by atoms with van der Waals surface area (Å²) >= 11 is 6.25. The summed E-state index contributed by atoms with van der Waals surface area (Å²) < 4.78 is 4.63. The smallest absolute Gasteiger partial charge is 0.274 e. The molecule has 1 unspecified atom stereocenters. The Morgan fingerprint density at radius 1 is 0.893 bits per heavy atom. The summed E-state index contributed by atoms with van der Waals surface area (Å²) in [6.07, 6.45) is 0. The molecule has 1 N–H and O–H groups in total. The third-order valence-corrected chi connectivity index (χ3v) is 11.9. The van der Waals surface area contributed by atoms with Gasteiger partial charge >= 0.3 is 0 Å². The van der Waals surface area contributed by atoms with Crippen molar-refractivity contribution in [3.63, 3.8) is 0 Å². The molecule has 0 aliphatic heterocycles. The van der Waals surface area contributed by atoms with E-state index in [-0.39, 0.29) is 23.6 Å². The summed E-state index contributed by atoms with van der Waals surface area (Å²) in [5, 5.41) is 44.1. The molecule has 4 aromatic carbocycles. The number of amides is 1. The summed E-state index contributed by atoms with van der Waals surface area (Å²) in [6.45, 7) is 8.27. The molecule has 18 heteroatoms. The zero-order chi connectivity index (χ0) is 40.1. The van der Waals surface area contributed by atoms with Crippen LogP contribution in [0.3, 0.4) is 0 Å². The van der Waals surface area contributed by atoms with Gasteiger partial charge in [0.1, 0.15) is 0 Å². The molecule has 6 rings (SSSR count). The maximum absolute atomic E-state index is 14.7. The van der Waals surface area contributed by atoms with Crippen LogP contribution in [-0.2, 0) is 30.7 Å². The van der Waals surface area contributed by atoms with Crippen molar-refractivity contribution in [1.29, 1.82) is 0 Å². The Morgan fingerprint density at radius 2 is 1.62 bits per heavy atom. The van der Waals surface area contributed by atoms with E-state index in [1.165, 1.54) is 41.7 Å². The van der Waals surface area contributed by atoms with Gasteiger partial charge in [-0.2, -0.15) is 0 Å². The van der Waals surface area contributed by atoms with E-state index in [0.717, 1.165) is 32.4 Å². The van der Waals surface area contributed by atoms with Gasteiger partial charge in [-0.25, -0.2) is 0 Å². The fourth-order valence-corrected chi connectivity index (χ4v) is 8.49. The molecule has 0 spiro atoms. The van der Waals surface area contributed by atoms with Crippen molar-refractivity contribution >= 4 is 68.1 Å². The van der Waals surface area contributed by atoms with Crippen molar-refractivity contribution in [2.24, 2.45) is 7.05 Å². The summed E-state index contributed by atoms with van der Waals surface area (Å²) in [4.78, 5) is 38.7. The number of aryl methyl sites for hydroxylation is 3. The van der Waals surface area contributed by atoms with Gasteiger partial charge in [0.25, 0.3) is 17.3 Å². The van der Waals surface area contributed by atoms with Gasteiger partial charge in [0.2, 0.25) is 0 Å². The lowest BCUT2D eigenvalue weighted by atomic mass is 10.1. The molecule has 0 saturated heterocycles. The van der Waals surface area contributed by atoms with Gasteiger partial charge in [-0.05, 0) is 57.0 Å². The Bertz CT molecular complexity index is 2420. The molecule has 56 heavy (non-hydrogen) atoms. The second kappa shape index (κ2) is 17.5. The molecule has 6 aromatic rings. The maximum atomic E-state index is 14.7. The van der Waals surface area contributed by atoms with Gasteiger partial charge in [0.15, 0.2) is 27.3 Å². The Hall–Kier alpha value is -5.59. The molecule has 0 fully saturated rings. The van der Waals surface area contributed by atoms with E-state index >= 15 is 0 Å². The number of carbonyl (C=O) groups is 1. The highest BCUT2D eigenvalue weighted by molar-refractivity contribution is 9.10. The minimum Gasteiger partial charge on any atom is -0.343 e. The van der Waals surface area contributed by atoms with E-state index in [1.54, 1.807) is 31.2 Å². The number of rotatable bonds is 15. The molecule has 0 aliphatic rings. The van der Waals surface area contributed by atoms with Crippen LogP contribution >= 0.6 is 39.5 Å². The van der Waals surface area contributed by atoms with Crippen molar-refractivity contribution in [3.8, 4) is 11.4 Å². The van der Waals surface area contributed by atoms with E-state index in [1.807, 2.05) is 84.3 Å². The third kappa shape index (κ3) is 8.93. The van der Waals surface area contributed by atoms with Crippen LogP contribution in [-0.4, -0.2) is 50.7 Å². The summed E-state index contributed by atoms with van der Waals surface area (Å²) in [5.74, 6) is 1.24. The Morgan fingerprint density at radius 3 is 2.30 bits per heavy atom. The number of anilines is 2. The van der Waals surface area contributed by atoms with Gasteiger partial charge in [-0.15, -0.1) is 20.4 Å². The minimum atomic E-state index is -0.995. The van der Waals surface area contributed by atoms with Gasteiger partial charge in [-0.1, -0.05) is 93.5 Å². The van der Waals surface area contributed by atoms with E-state index < -0.39 is 21.1 Å². The Kier molecular flexibility index (Phi) is 12.5. The van der Waals surface area contributed by atoms with Crippen molar-refractivity contribution in [2.75, 3.05) is 10.2 Å². The first kappa shape index (κ1) is 40.1. The van der Waals surface area contributed by atoms with Crippen LogP contribution in [0.15, 0.2) is 99.7 Å². The van der Waals surface area contributed by atoms with Crippen LogP contribution in [0.5, 0.6) is 0 Å². The third-order valence-electron chi connectivity index (χ3n) is 8.95. The van der Waals surface area contributed by atoms with Gasteiger partial charge in [-0.3, -0.25) is 25.0 Å². The highest BCUT2D eigenvalue weighted by atomic mass is 79.9. The summed E-state index contributed by atoms with van der Waals surface area (Å²) in [5.41, 5.74) is 5.07. The zero-order valence-electron chi connectivity index (χ0n) is 31.0. The van der Waals surface area contributed by atoms with Crippen molar-refractivity contribution in [2.45, 2.75) is 62.2 Å². The SMILES string of the molecule is CCn1c(CN(c2ccc(C)cc2C)C(Sc2nnc(-c3ccccc3Br)n2C)C(=O)Nc2ccc(C)c([N+](=O)[O-])c2)nnc1SCc1ccc([N+](=O)[O-])cc1. The van der Waals surface area contributed by atoms with Crippen LogP contribution in [0.2, 0.25) is 0 Å². The Labute approximate surface area is 339 Å². The largest absolute Gasteiger partial charge is 0.343 e. The number of hydrogen-bond acceptors (Lipinski definition) is 12. The first-order chi connectivity index (χ1) is 26.8. The predicted molar refractivity (Wildman–Crippen MR) is 221 cm³/mol. The lowest BCUT2D eigenvalue weighted by Crippen LogP contribution is -2.43. The number of nitrogens with zero attached hydrogens (tertiary/aromatic N) is 9. The average Bonchev–Trinajstić information content (AvgIpc) is 3.74. The first-order valence-electron chi connectivity index (χ1n) is 17.3. The van der Waals surface area contributed by atoms with Crippen LogP contribution in [0, 0.1) is 41.0 Å². The maximum Gasteiger partial charge on any atom is 0.274 e.